The first-order valence-electron chi connectivity index (χ1n) is 8.28. The average molecular weight is 398 g/mol. The number of hydrogen-bond acceptors (Lipinski definition) is 5. The number of hydrogen-bond donors (Lipinski definition) is 2. The van der Waals surface area contributed by atoms with Gasteiger partial charge in [0.2, 0.25) is 0 Å². The maximum absolute atomic E-state index is 12.3. The summed E-state index contributed by atoms with van der Waals surface area (Å²) in [6.07, 6.45) is 1.23. The number of ether oxygens (including phenoxy) is 1. The van der Waals surface area contributed by atoms with Crippen LogP contribution in [0.5, 0.6) is 0 Å². The van der Waals surface area contributed by atoms with E-state index < -0.39 is 17.4 Å². The molecule has 3 rings (SSSR count). The topological polar surface area (TPSA) is 101 Å². The van der Waals surface area contributed by atoms with Crippen LogP contribution >= 0.6 is 11.6 Å². The van der Waals surface area contributed by atoms with Crippen LogP contribution < -0.4 is 10.9 Å². The molecule has 2 aromatic carbocycles. The zero-order valence-corrected chi connectivity index (χ0v) is 15.6. The van der Waals surface area contributed by atoms with Gasteiger partial charge in [0.15, 0.2) is 0 Å². The number of benzene rings is 2. The third kappa shape index (κ3) is 4.44. The second-order valence-electron chi connectivity index (χ2n) is 5.85. The lowest BCUT2D eigenvalue weighted by molar-refractivity contribution is 0.0600. The highest BCUT2D eigenvalue weighted by atomic mass is 35.5. The molecule has 3 aromatic rings. The number of halogens is 1. The molecule has 7 nitrogen and oxygen atoms in total. The van der Waals surface area contributed by atoms with Gasteiger partial charge < -0.3 is 15.0 Å². The van der Waals surface area contributed by atoms with Gasteiger partial charge in [0.1, 0.15) is 11.4 Å². The molecule has 1 heterocycles. The highest BCUT2D eigenvalue weighted by Crippen LogP contribution is 2.16. The lowest BCUT2D eigenvalue weighted by Gasteiger charge is -2.07. The smallest absolute Gasteiger partial charge is 0.337 e. The third-order valence-corrected chi connectivity index (χ3v) is 4.24. The fourth-order valence-corrected chi connectivity index (χ4v) is 2.59. The number of methoxy groups -OCH3 is 1. The molecule has 0 radical (unpaired) electrons. The Morgan fingerprint density at radius 3 is 2.39 bits per heavy atom. The van der Waals surface area contributed by atoms with Crippen molar-refractivity contribution in [3.8, 4) is 11.4 Å². The maximum atomic E-state index is 12.3. The molecule has 0 aliphatic rings. The third-order valence-electron chi connectivity index (χ3n) is 3.99. The van der Waals surface area contributed by atoms with E-state index in [2.05, 4.69) is 20.0 Å². The van der Waals surface area contributed by atoms with Gasteiger partial charge >= 0.3 is 5.97 Å². The molecule has 0 bridgehead atoms. The molecule has 0 atom stereocenters. The van der Waals surface area contributed by atoms with E-state index in [0.717, 1.165) is 5.56 Å². The van der Waals surface area contributed by atoms with Crippen LogP contribution in [0.3, 0.4) is 0 Å². The molecule has 0 saturated carbocycles. The largest absolute Gasteiger partial charge is 0.465 e. The summed E-state index contributed by atoms with van der Waals surface area (Å²) < 4.78 is 4.63. The first kappa shape index (κ1) is 19.3. The lowest BCUT2D eigenvalue weighted by Crippen LogP contribution is -2.29. The van der Waals surface area contributed by atoms with Gasteiger partial charge in [-0.1, -0.05) is 23.7 Å². The first-order chi connectivity index (χ1) is 13.5. The Hall–Kier alpha value is -3.45. The van der Waals surface area contributed by atoms with Crippen molar-refractivity contribution in [1.29, 1.82) is 0 Å². The Morgan fingerprint density at radius 2 is 1.79 bits per heavy atom. The number of aromatic amines is 1. The van der Waals surface area contributed by atoms with Crippen molar-refractivity contribution >= 4 is 23.5 Å². The van der Waals surface area contributed by atoms with Gasteiger partial charge in [-0.2, -0.15) is 0 Å². The van der Waals surface area contributed by atoms with Crippen LogP contribution in [0, 0.1) is 0 Å². The molecular formula is C20H16ClN3O4. The monoisotopic (exact) mass is 397 g/mol. The van der Waals surface area contributed by atoms with Gasteiger partial charge in [0.05, 0.1) is 12.7 Å². The van der Waals surface area contributed by atoms with E-state index in [1.807, 2.05) is 0 Å². The predicted octanol–water partition coefficient (Wildman–Crippen LogP) is 2.81. The van der Waals surface area contributed by atoms with E-state index in [0.29, 0.717) is 22.0 Å². The van der Waals surface area contributed by atoms with E-state index in [-0.39, 0.29) is 12.1 Å². The van der Waals surface area contributed by atoms with Gasteiger partial charge in [-0.25, -0.2) is 9.78 Å². The van der Waals surface area contributed by atoms with Gasteiger partial charge in [-0.05, 0) is 42.0 Å². The van der Waals surface area contributed by atoms with Crippen molar-refractivity contribution in [2.45, 2.75) is 6.54 Å². The van der Waals surface area contributed by atoms with Crippen molar-refractivity contribution in [2.24, 2.45) is 0 Å². The van der Waals surface area contributed by atoms with E-state index in [1.165, 1.54) is 13.3 Å². The minimum atomic E-state index is -0.548. The van der Waals surface area contributed by atoms with Gasteiger partial charge in [-0.15, -0.1) is 0 Å². The standard InChI is InChI=1S/C20H16ClN3O4/c1-28-20(27)14-4-2-12(3-5-14)10-23-18(25)16-11-22-17(24-19(16)26)13-6-8-15(21)9-7-13/h2-9,11H,10H2,1H3,(H,23,25)(H,22,24,26). The number of esters is 1. The summed E-state index contributed by atoms with van der Waals surface area (Å²) in [5.41, 5.74) is 1.22. The number of aromatic nitrogens is 2. The summed E-state index contributed by atoms with van der Waals surface area (Å²) >= 11 is 5.85. The molecule has 1 amide bonds. The molecule has 0 saturated heterocycles. The number of carbonyl (C=O) groups is 2. The Labute approximate surface area is 165 Å². The summed E-state index contributed by atoms with van der Waals surface area (Å²) in [6, 6.07) is 13.4. The normalized spacial score (nSPS) is 10.4. The number of H-pyrrole nitrogens is 1. The number of rotatable bonds is 5. The fraction of sp³-hybridized carbons (Fsp3) is 0.100. The highest BCUT2D eigenvalue weighted by molar-refractivity contribution is 6.30. The van der Waals surface area contributed by atoms with Crippen LogP contribution in [0.15, 0.2) is 59.5 Å². The van der Waals surface area contributed by atoms with E-state index in [9.17, 15) is 14.4 Å². The van der Waals surface area contributed by atoms with Gasteiger partial charge in [0, 0.05) is 23.3 Å². The summed E-state index contributed by atoms with van der Waals surface area (Å²) in [6.45, 7) is 0.193. The number of carbonyl (C=O) groups excluding carboxylic acids is 2. The van der Waals surface area contributed by atoms with Crippen LogP contribution in [-0.2, 0) is 11.3 Å². The molecule has 0 aliphatic heterocycles. The number of nitrogens with one attached hydrogen (secondary N) is 2. The summed E-state index contributed by atoms with van der Waals surface area (Å²) in [7, 11) is 1.31. The SMILES string of the molecule is COC(=O)c1ccc(CNC(=O)c2cnc(-c3ccc(Cl)cc3)[nH]c2=O)cc1. The second-order valence-corrected chi connectivity index (χ2v) is 6.29. The van der Waals surface area contributed by atoms with E-state index in [4.69, 9.17) is 11.6 Å². The molecule has 8 heteroatoms. The van der Waals surface area contributed by atoms with Crippen LogP contribution in [-0.4, -0.2) is 29.0 Å². The average Bonchev–Trinajstić information content (AvgIpc) is 2.72. The van der Waals surface area contributed by atoms with Gasteiger partial charge in [0.25, 0.3) is 11.5 Å². The van der Waals surface area contributed by atoms with E-state index in [1.54, 1.807) is 48.5 Å². The second kappa shape index (κ2) is 8.49. The summed E-state index contributed by atoms with van der Waals surface area (Å²) in [5, 5.41) is 3.22. The maximum Gasteiger partial charge on any atom is 0.337 e. The molecule has 142 valence electrons. The molecule has 1 aromatic heterocycles. The fourth-order valence-electron chi connectivity index (χ4n) is 2.47. The Morgan fingerprint density at radius 1 is 1.11 bits per heavy atom. The molecular weight excluding hydrogens is 382 g/mol. The Bertz CT molecular complexity index is 1060. The van der Waals surface area contributed by atoms with Crippen molar-refractivity contribution in [2.75, 3.05) is 7.11 Å². The van der Waals surface area contributed by atoms with Crippen molar-refractivity contribution < 1.29 is 14.3 Å². The van der Waals surface area contributed by atoms with Crippen LogP contribution in [0.1, 0.15) is 26.3 Å². The lowest BCUT2D eigenvalue weighted by atomic mass is 10.1. The molecule has 0 spiro atoms. The number of nitrogens with zero attached hydrogens (tertiary/aromatic N) is 1. The first-order valence-corrected chi connectivity index (χ1v) is 8.66. The molecule has 0 unspecified atom stereocenters. The van der Waals surface area contributed by atoms with Crippen LogP contribution in [0.25, 0.3) is 11.4 Å². The van der Waals surface area contributed by atoms with Crippen molar-refractivity contribution in [1.82, 2.24) is 15.3 Å². The minimum Gasteiger partial charge on any atom is -0.465 e. The van der Waals surface area contributed by atoms with E-state index >= 15 is 0 Å². The minimum absolute atomic E-state index is 0.0936. The Balaban J connectivity index is 1.68. The van der Waals surface area contributed by atoms with Gasteiger partial charge in [-0.3, -0.25) is 9.59 Å². The predicted molar refractivity (Wildman–Crippen MR) is 104 cm³/mol. The zero-order valence-electron chi connectivity index (χ0n) is 14.9. The van der Waals surface area contributed by atoms with Crippen molar-refractivity contribution in [3.05, 3.63) is 86.8 Å². The Kier molecular flexibility index (Phi) is 5.86. The molecule has 28 heavy (non-hydrogen) atoms. The number of amides is 1. The van der Waals surface area contributed by atoms with Crippen molar-refractivity contribution in [3.63, 3.8) is 0 Å². The summed E-state index contributed by atoms with van der Waals surface area (Å²) in [5.74, 6) is -0.640. The highest BCUT2D eigenvalue weighted by Gasteiger charge is 2.13. The zero-order chi connectivity index (χ0) is 20.1. The quantitative estimate of drug-likeness (QED) is 0.644. The summed E-state index contributed by atoms with van der Waals surface area (Å²) in [4.78, 5) is 42.7. The van der Waals surface area contributed by atoms with Crippen LogP contribution in [0.4, 0.5) is 0 Å². The van der Waals surface area contributed by atoms with Crippen LogP contribution in [0.2, 0.25) is 5.02 Å². The molecule has 2 N–H and O–H groups in total. The molecule has 0 aliphatic carbocycles. The molecule has 0 fully saturated rings.